The van der Waals surface area contributed by atoms with E-state index in [0.29, 0.717) is 31.1 Å². The maximum absolute atomic E-state index is 13.1. The van der Waals surface area contributed by atoms with Crippen molar-refractivity contribution in [3.05, 3.63) is 54.6 Å². The van der Waals surface area contributed by atoms with E-state index in [1.54, 1.807) is 54.6 Å². The van der Waals surface area contributed by atoms with E-state index < -0.39 is 16.1 Å². The second-order valence-electron chi connectivity index (χ2n) is 7.88. The number of imide groups is 1. The van der Waals surface area contributed by atoms with Crippen molar-refractivity contribution in [2.75, 3.05) is 37.7 Å². The van der Waals surface area contributed by atoms with E-state index in [9.17, 15) is 18.0 Å². The minimum atomic E-state index is -3.57. The van der Waals surface area contributed by atoms with Gasteiger partial charge >= 0.3 is 0 Å². The number of nitrogens with zero attached hydrogens (tertiary/aromatic N) is 3. The summed E-state index contributed by atoms with van der Waals surface area (Å²) < 4.78 is 32.7. The molecular formula is C23H27N3O5S. The fourth-order valence-corrected chi connectivity index (χ4v) is 5.52. The van der Waals surface area contributed by atoms with E-state index in [1.165, 1.54) is 9.21 Å². The Morgan fingerprint density at radius 2 is 1.59 bits per heavy atom. The largest absolute Gasteiger partial charge is 0.494 e. The summed E-state index contributed by atoms with van der Waals surface area (Å²) in [6.45, 7) is 3.97. The lowest BCUT2D eigenvalue weighted by molar-refractivity contribution is -0.123. The van der Waals surface area contributed by atoms with Crippen molar-refractivity contribution in [1.29, 1.82) is 0 Å². The molecule has 170 valence electrons. The molecule has 0 spiro atoms. The Morgan fingerprint density at radius 1 is 0.938 bits per heavy atom. The Balaban J connectivity index is 1.40. The van der Waals surface area contributed by atoms with Crippen LogP contribution in [0.5, 0.6) is 5.75 Å². The molecule has 2 amide bonds. The summed E-state index contributed by atoms with van der Waals surface area (Å²) in [4.78, 5) is 29.1. The van der Waals surface area contributed by atoms with Crippen LogP contribution in [-0.2, 0) is 19.6 Å². The van der Waals surface area contributed by atoms with Crippen LogP contribution in [0.3, 0.4) is 0 Å². The van der Waals surface area contributed by atoms with Crippen molar-refractivity contribution < 1.29 is 22.7 Å². The van der Waals surface area contributed by atoms with Crippen molar-refractivity contribution in [2.24, 2.45) is 0 Å². The molecule has 4 rings (SSSR count). The average Bonchev–Trinajstić information content (AvgIpc) is 3.12. The van der Waals surface area contributed by atoms with E-state index in [1.807, 2.05) is 11.8 Å². The molecule has 0 N–H and O–H groups in total. The van der Waals surface area contributed by atoms with Gasteiger partial charge in [0.05, 0.1) is 29.7 Å². The zero-order chi connectivity index (χ0) is 22.7. The van der Waals surface area contributed by atoms with Crippen LogP contribution in [0.4, 0.5) is 5.69 Å². The highest BCUT2D eigenvalue weighted by Crippen LogP contribution is 2.28. The Kier molecular flexibility index (Phi) is 6.59. The highest BCUT2D eigenvalue weighted by atomic mass is 32.2. The summed E-state index contributed by atoms with van der Waals surface area (Å²) in [7, 11) is -3.57. The van der Waals surface area contributed by atoms with Gasteiger partial charge in [0.15, 0.2) is 0 Å². The Morgan fingerprint density at radius 3 is 2.22 bits per heavy atom. The number of hydrogen-bond donors (Lipinski definition) is 0. The number of hydrogen-bond acceptors (Lipinski definition) is 6. The van der Waals surface area contributed by atoms with Gasteiger partial charge in [-0.25, -0.2) is 13.3 Å². The van der Waals surface area contributed by atoms with E-state index in [0.717, 1.165) is 6.42 Å². The van der Waals surface area contributed by atoms with Crippen molar-refractivity contribution >= 4 is 27.5 Å². The van der Waals surface area contributed by atoms with Crippen molar-refractivity contribution in [3.8, 4) is 5.75 Å². The number of carbonyl (C=O) groups is 2. The minimum absolute atomic E-state index is 0.0956. The number of amides is 2. The minimum Gasteiger partial charge on any atom is -0.494 e. The van der Waals surface area contributed by atoms with E-state index in [-0.39, 0.29) is 36.2 Å². The van der Waals surface area contributed by atoms with Gasteiger partial charge in [-0.3, -0.25) is 14.5 Å². The summed E-state index contributed by atoms with van der Waals surface area (Å²) in [5.74, 6) is 0.181. The van der Waals surface area contributed by atoms with Crippen LogP contribution >= 0.6 is 0 Å². The Labute approximate surface area is 188 Å². The molecule has 32 heavy (non-hydrogen) atoms. The summed E-state index contributed by atoms with van der Waals surface area (Å²) in [6.07, 6.45) is 0.991. The molecule has 2 aromatic carbocycles. The zero-order valence-corrected chi connectivity index (χ0v) is 18.8. The molecule has 0 aliphatic carbocycles. The molecule has 2 aliphatic rings. The quantitative estimate of drug-likeness (QED) is 0.592. The maximum Gasteiger partial charge on any atom is 0.251 e. The van der Waals surface area contributed by atoms with E-state index >= 15 is 0 Å². The maximum atomic E-state index is 13.1. The summed E-state index contributed by atoms with van der Waals surface area (Å²) in [5, 5.41) is 0. The highest BCUT2D eigenvalue weighted by Gasteiger charge is 2.44. The topological polar surface area (TPSA) is 87.2 Å². The van der Waals surface area contributed by atoms with Crippen LogP contribution in [0.25, 0.3) is 0 Å². The standard InChI is InChI=1S/C23H27N3O5S/c1-2-16-31-19-10-8-18(9-11-19)26-22(27)17-21(23(26)28)24-12-14-25(15-13-24)32(29,30)20-6-4-3-5-7-20/h3-11,21H,2,12-17H2,1H3/t21-/m0/s1. The lowest BCUT2D eigenvalue weighted by atomic mass is 10.2. The van der Waals surface area contributed by atoms with Crippen LogP contribution < -0.4 is 9.64 Å². The predicted octanol–water partition coefficient (Wildman–Crippen LogP) is 2.11. The second-order valence-corrected chi connectivity index (χ2v) is 9.82. The number of rotatable bonds is 7. The van der Waals surface area contributed by atoms with Crippen molar-refractivity contribution in [2.45, 2.75) is 30.7 Å². The van der Waals surface area contributed by atoms with Gasteiger partial charge in [0.25, 0.3) is 5.91 Å². The Bertz CT molecular complexity index is 1060. The number of ether oxygens (including phenoxy) is 1. The van der Waals surface area contributed by atoms with Crippen LogP contribution in [0.15, 0.2) is 59.5 Å². The smallest absolute Gasteiger partial charge is 0.251 e. The molecule has 0 unspecified atom stereocenters. The highest BCUT2D eigenvalue weighted by molar-refractivity contribution is 7.89. The first-order valence-corrected chi connectivity index (χ1v) is 12.2. The number of anilines is 1. The first-order valence-electron chi connectivity index (χ1n) is 10.8. The van der Waals surface area contributed by atoms with Crippen LogP contribution in [0.2, 0.25) is 0 Å². The molecule has 2 aliphatic heterocycles. The van der Waals surface area contributed by atoms with Gasteiger partial charge in [-0.2, -0.15) is 4.31 Å². The van der Waals surface area contributed by atoms with Crippen molar-refractivity contribution in [3.63, 3.8) is 0 Å². The zero-order valence-electron chi connectivity index (χ0n) is 18.0. The number of piperazine rings is 1. The van der Waals surface area contributed by atoms with Crippen LogP contribution in [0, 0.1) is 0 Å². The molecule has 2 heterocycles. The van der Waals surface area contributed by atoms with Gasteiger partial charge in [-0.05, 0) is 42.8 Å². The van der Waals surface area contributed by atoms with E-state index in [4.69, 9.17) is 4.74 Å². The average molecular weight is 458 g/mol. The molecule has 1 atom stereocenters. The lowest BCUT2D eigenvalue weighted by Gasteiger charge is -2.36. The van der Waals surface area contributed by atoms with Crippen molar-refractivity contribution in [1.82, 2.24) is 9.21 Å². The molecule has 2 fully saturated rings. The third-order valence-corrected chi connectivity index (χ3v) is 7.70. The number of benzene rings is 2. The van der Waals surface area contributed by atoms with Gasteiger partial charge in [0.1, 0.15) is 5.75 Å². The summed E-state index contributed by atoms with van der Waals surface area (Å²) >= 11 is 0. The summed E-state index contributed by atoms with van der Waals surface area (Å²) in [5.41, 5.74) is 0.525. The molecule has 2 aromatic rings. The van der Waals surface area contributed by atoms with E-state index in [2.05, 4.69) is 0 Å². The predicted molar refractivity (Wildman–Crippen MR) is 120 cm³/mol. The van der Waals surface area contributed by atoms with Gasteiger partial charge in [0, 0.05) is 26.2 Å². The fourth-order valence-electron chi connectivity index (χ4n) is 4.08. The molecular weight excluding hydrogens is 430 g/mol. The second kappa shape index (κ2) is 9.40. The molecule has 0 saturated carbocycles. The third-order valence-electron chi connectivity index (χ3n) is 5.79. The lowest BCUT2D eigenvalue weighted by Crippen LogP contribution is -2.53. The number of sulfonamides is 1. The van der Waals surface area contributed by atoms with Gasteiger partial charge in [0.2, 0.25) is 15.9 Å². The van der Waals surface area contributed by atoms with Gasteiger partial charge in [-0.15, -0.1) is 0 Å². The normalized spacial score (nSPS) is 20.7. The third kappa shape index (κ3) is 4.41. The molecule has 2 saturated heterocycles. The SMILES string of the molecule is CCCOc1ccc(N2C(=O)C[C@H](N3CCN(S(=O)(=O)c4ccccc4)CC3)C2=O)cc1. The van der Waals surface area contributed by atoms with Gasteiger partial charge < -0.3 is 4.74 Å². The summed E-state index contributed by atoms with van der Waals surface area (Å²) in [6, 6.07) is 14.7. The fraction of sp³-hybridized carbons (Fsp3) is 0.391. The van der Waals surface area contributed by atoms with Crippen LogP contribution in [0.1, 0.15) is 19.8 Å². The number of carbonyl (C=O) groups excluding carboxylic acids is 2. The van der Waals surface area contributed by atoms with Gasteiger partial charge in [-0.1, -0.05) is 25.1 Å². The molecule has 8 nitrogen and oxygen atoms in total. The molecule has 0 bridgehead atoms. The first kappa shape index (κ1) is 22.4. The Hall–Kier alpha value is -2.75. The molecule has 0 radical (unpaired) electrons. The monoisotopic (exact) mass is 457 g/mol. The molecule has 0 aromatic heterocycles. The molecule has 9 heteroatoms. The van der Waals surface area contributed by atoms with Crippen LogP contribution in [-0.4, -0.2) is 68.3 Å². The first-order chi connectivity index (χ1) is 15.4.